The second-order valence-electron chi connectivity index (χ2n) is 7.28. The van der Waals surface area contributed by atoms with Gasteiger partial charge in [-0.15, -0.1) is 0 Å². The Labute approximate surface area is 189 Å². The number of ether oxygens (including phenoxy) is 2. The molecule has 4 heteroatoms. The van der Waals surface area contributed by atoms with E-state index in [9.17, 15) is 0 Å². The van der Waals surface area contributed by atoms with E-state index in [2.05, 4.69) is 28.9 Å². The Hall–Kier alpha value is -4.23. The number of aryl methyl sites for hydroxylation is 1. The van der Waals surface area contributed by atoms with Gasteiger partial charge in [-0.1, -0.05) is 11.8 Å². The van der Waals surface area contributed by atoms with Crippen molar-refractivity contribution >= 4 is 17.1 Å². The Morgan fingerprint density at radius 1 is 0.562 bits per heavy atom. The van der Waals surface area contributed by atoms with Crippen molar-refractivity contribution < 1.29 is 14.0 Å². The van der Waals surface area contributed by atoms with E-state index in [-0.39, 0.29) is 0 Å². The van der Waals surface area contributed by atoms with Crippen molar-refractivity contribution in [1.29, 1.82) is 0 Å². The minimum absolute atomic E-state index is 0.823. The van der Waals surface area contributed by atoms with Crippen LogP contribution in [0.15, 0.2) is 97.3 Å². The van der Waals surface area contributed by atoms with Gasteiger partial charge in [0.1, 0.15) is 18.5 Å². The first kappa shape index (κ1) is 21.0. The minimum Gasteiger partial charge on any atom is -0.497 e. The minimum atomic E-state index is 0.823. The van der Waals surface area contributed by atoms with E-state index in [1.54, 1.807) is 14.2 Å². The monoisotopic (exact) mass is 421 g/mol. The van der Waals surface area contributed by atoms with Crippen LogP contribution < -0.4 is 18.9 Å². The van der Waals surface area contributed by atoms with Gasteiger partial charge in [0.15, 0.2) is 12.4 Å². The van der Waals surface area contributed by atoms with Gasteiger partial charge in [-0.05, 0) is 72.8 Å². The zero-order valence-electron chi connectivity index (χ0n) is 18.4. The number of anilines is 3. The maximum atomic E-state index is 5.32. The highest BCUT2D eigenvalue weighted by atomic mass is 16.5. The molecule has 3 aromatic carbocycles. The van der Waals surface area contributed by atoms with E-state index < -0.39 is 0 Å². The van der Waals surface area contributed by atoms with Crippen LogP contribution in [0.25, 0.3) is 0 Å². The third-order valence-corrected chi connectivity index (χ3v) is 5.12. The first-order valence-electron chi connectivity index (χ1n) is 10.3. The average molecular weight is 422 g/mol. The predicted octanol–water partition coefficient (Wildman–Crippen LogP) is 5.40. The van der Waals surface area contributed by atoms with Crippen LogP contribution in [0.3, 0.4) is 0 Å². The van der Waals surface area contributed by atoms with E-state index in [0.717, 1.165) is 39.7 Å². The first-order valence-corrected chi connectivity index (χ1v) is 10.3. The van der Waals surface area contributed by atoms with Crippen LogP contribution in [0.1, 0.15) is 11.1 Å². The third-order valence-electron chi connectivity index (χ3n) is 5.12. The highest BCUT2D eigenvalue weighted by Gasteiger charge is 2.12. The number of benzene rings is 3. The summed E-state index contributed by atoms with van der Waals surface area (Å²) < 4.78 is 12.6. The van der Waals surface area contributed by atoms with Gasteiger partial charge in [-0.3, -0.25) is 0 Å². The van der Waals surface area contributed by atoms with E-state index >= 15 is 0 Å². The number of methoxy groups -OCH3 is 2. The van der Waals surface area contributed by atoms with Crippen molar-refractivity contribution in [2.75, 3.05) is 19.1 Å². The number of pyridine rings is 1. The van der Waals surface area contributed by atoms with Gasteiger partial charge in [0.05, 0.1) is 14.2 Å². The molecule has 0 fully saturated rings. The summed E-state index contributed by atoms with van der Waals surface area (Å²) in [6.45, 7) is 0. The van der Waals surface area contributed by atoms with Crippen molar-refractivity contribution in [3.05, 3.63) is 108 Å². The fourth-order valence-electron chi connectivity index (χ4n) is 3.33. The molecule has 0 bridgehead atoms. The number of aromatic nitrogens is 1. The summed E-state index contributed by atoms with van der Waals surface area (Å²) in [7, 11) is 5.34. The fraction of sp³-hybridized carbons (Fsp3) is 0.107. The Morgan fingerprint density at radius 2 is 0.938 bits per heavy atom. The van der Waals surface area contributed by atoms with Crippen LogP contribution in [0.5, 0.6) is 11.5 Å². The molecule has 0 atom stereocenters. The van der Waals surface area contributed by atoms with Crippen molar-refractivity contribution in [2.45, 2.75) is 0 Å². The third kappa shape index (κ3) is 4.91. The molecule has 0 unspecified atom stereocenters. The van der Waals surface area contributed by atoms with Gasteiger partial charge in [-0.2, -0.15) is 0 Å². The molecule has 0 N–H and O–H groups in total. The lowest BCUT2D eigenvalue weighted by atomic mass is 10.1. The fourth-order valence-corrected chi connectivity index (χ4v) is 3.33. The molecule has 158 valence electrons. The van der Waals surface area contributed by atoms with Gasteiger partial charge in [0.25, 0.3) is 0 Å². The summed E-state index contributed by atoms with van der Waals surface area (Å²) in [4.78, 5) is 2.19. The van der Waals surface area contributed by atoms with Crippen molar-refractivity contribution in [3.63, 3.8) is 0 Å². The Kier molecular flexibility index (Phi) is 6.38. The van der Waals surface area contributed by atoms with Crippen LogP contribution in [-0.2, 0) is 7.05 Å². The largest absolute Gasteiger partial charge is 0.497 e. The summed E-state index contributed by atoms with van der Waals surface area (Å²) in [5.74, 6) is 8.11. The average Bonchev–Trinajstić information content (AvgIpc) is 2.85. The second-order valence-corrected chi connectivity index (χ2v) is 7.28. The van der Waals surface area contributed by atoms with Crippen LogP contribution in [0.2, 0.25) is 0 Å². The van der Waals surface area contributed by atoms with Gasteiger partial charge in [0, 0.05) is 40.3 Å². The maximum Gasteiger partial charge on any atom is 0.169 e. The topological polar surface area (TPSA) is 25.6 Å². The van der Waals surface area contributed by atoms with Crippen molar-refractivity contribution in [1.82, 2.24) is 0 Å². The number of hydrogen-bond acceptors (Lipinski definition) is 3. The molecular weight excluding hydrogens is 396 g/mol. The van der Waals surface area contributed by atoms with Crippen molar-refractivity contribution in [2.24, 2.45) is 7.05 Å². The summed E-state index contributed by atoms with van der Waals surface area (Å²) >= 11 is 0. The molecule has 4 rings (SSSR count). The van der Waals surface area contributed by atoms with Crippen molar-refractivity contribution in [3.8, 4) is 23.3 Å². The number of rotatable bonds is 5. The van der Waals surface area contributed by atoms with E-state index in [1.165, 1.54) is 0 Å². The van der Waals surface area contributed by atoms with Gasteiger partial charge in [-0.25, -0.2) is 4.57 Å². The van der Waals surface area contributed by atoms with Crippen LogP contribution in [-0.4, -0.2) is 14.2 Å². The zero-order valence-corrected chi connectivity index (χ0v) is 18.4. The molecule has 1 heterocycles. The second kappa shape index (κ2) is 9.72. The highest BCUT2D eigenvalue weighted by molar-refractivity contribution is 5.77. The molecule has 0 saturated heterocycles. The number of hydrogen-bond donors (Lipinski definition) is 0. The quantitative estimate of drug-likeness (QED) is 0.319. The highest BCUT2D eigenvalue weighted by Crippen LogP contribution is 2.36. The normalized spacial score (nSPS) is 10.1. The van der Waals surface area contributed by atoms with Crippen LogP contribution in [0.4, 0.5) is 17.1 Å². The van der Waals surface area contributed by atoms with E-state index in [1.807, 2.05) is 96.8 Å². The molecule has 1 aromatic heterocycles. The predicted molar refractivity (Wildman–Crippen MR) is 128 cm³/mol. The molecule has 4 nitrogen and oxygen atoms in total. The SMILES string of the molecule is COc1ccc(N(c2ccc(C#Cc3cc[n+](C)cc3)cc2)c2ccc(OC)cc2)cc1. The van der Waals surface area contributed by atoms with E-state index in [4.69, 9.17) is 9.47 Å². The summed E-state index contributed by atoms with van der Waals surface area (Å²) in [5.41, 5.74) is 5.06. The molecule has 0 aliphatic heterocycles. The van der Waals surface area contributed by atoms with Gasteiger partial charge >= 0.3 is 0 Å². The summed E-state index contributed by atoms with van der Waals surface area (Å²) in [5, 5.41) is 0. The summed E-state index contributed by atoms with van der Waals surface area (Å²) in [6.07, 6.45) is 3.99. The lowest BCUT2D eigenvalue weighted by Crippen LogP contribution is -2.25. The molecular formula is C28H25N2O2+. The van der Waals surface area contributed by atoms with Crippen LogP contribution >= 0.6 is 0 Å². The van der Waals surface area contributed by atoms with Gasteiger partial charge in [0.2, 0.25) is 0 Å². The molecule has 0 aliphatic rings. The molecule has 0 amide bonds. The standard InChI is InChI=1S/C28H25N2O2/c1-29-20-18-23(19-21-29)5-4-22-6-8-24(9-7-22)30(25-10-14-27(31-2)15-11-25)26-12-16-28(32-3)17-13-26/h6-21H,1-3H3/q+1. The zero-order chi connectivity index (χ0) is 22.3. The number of nitrogens with zero attached hydrogens (tertiary/aromatic N) is 2. The Morgan fingerprint density at radius 3 is 1.34 bits per heavy atom. The molecule has 0 spiro atoms. The smallest absolute Gasteiger partial charge is 0.169 e. The lowest BCUT2D eigenvalue weighted by molar-refractivity contribution is -0.671. The first-order chi connectivity index (χ1) is 15.7. The molecule has 4 aromatic rings. The van der Waals surface area contributed by atoms with Crippen LogP contribution in [0, 0.1) is 11.8 Å². The Balaban J connectivity index is 1.66. The van der Waals surface area contributed by atoms with Gasteiger partial charge < -0.3 is 14.4 Å². The van der Waals surface area contributed by atoms with E-state index in [0.29, 0.717) is 0 Å². The summed E-state index contributed by atoms with van der Waals surface area (Å²) in [6, 6.07) is 28.3. The molecule has 32 heavy (non-hydrogen) atoms. The molecule has 0 saturated carbocycles. The molecule has 0 radical (unpaired) electrons. The Bertz CT molecular complexity index is 1170. The molecule has 0 aliphatic carbocycles. The maximum absolute atomic E-state index is 5.32. The lowest BCUT2D eigenvalue weighted by Gasteiger charge is -2.25.